The smallest absolute Gasteiger partial charge is 0.481 e. The lowest BCUT2D eigenvalue weighted by Crippen LogP contribution is -2.30. The number of halogens is 3. The van der Waals surface area contributed by atoms with E-state index in [0.29, 0.717) is 11.4 Å². The number of hydrogen-bond acceptors (Lipinski definition) is 3. The molecule has 128 valence electrons. The van der Waals surface area contributed by atoms with Gasteiger partial charge in [-0.1, -0.05) is 12.1 Å². The first-order valence-electron chi connectivity index (χ1n) is 7.13. The highest BCUT2D eigenvalue weighted by molar-refractivity contribution is 5.94. The van der Waals surface area contributed by atoms with Gasteiger partial charge in [-0.3, -0.25) is 4.79 Å². The van der Waals surface area contributed by atoms with Gasteiger partial charge in [0.25, 0.3) is 5.91 Å². The predicted octanol–water partition coefficient (Wildman–Crippen LogP) is 4.30. The highest BCUT2D eigenvalue weighted by Gasteiger charge is 2.31. The number of aryl methyl sites for hydroxylation is 1. The molecule has 0 aliphatic rings. The summed E-state index contributed by atoms with van der Waals surface area (Å²) in [4.78, 5) is 12.1. The van der Waals surface area contributed by atoms with Gasteiger partial charge in [0.05, 0.1) is 0 Å². The molecule has 7 heteroatoms. The summed E-state index contributed by atoms with van der Waals surface area (Å²) in [6.45, 7) is 3.49. The van der Waals surface area contributed by atoms with Crippen LogP contribution in [-0.4, -0.2) is 18.4 Å². The van der Waals surface area contributed by atoms with Gasteiger partial charge in [-0.05, 0) is 55.8 Å². The topological polar surface area (TPSA) is 47.6 Å². The number of amides is 1. The van der Waals surface area contributed by atoms with Crippen molar-refractivity contribution < 1.29 is 27.4 Å². The Labute approximate surface area is 137 Å². The van der Waals surface area contributed by atoms with Crippen LogP contribution >= 0.6 is 0 Å². The van der Waals surface area contributed by atoms with Crippen LogP contribution in [0.1, 0.15) is 12.5 Å². The number of hydrogen-bond donors (Lipinski definition) is 1. The summed E-state index contributed by atoms with van der Waals surface area (Å²) in [5.74, 6) is -0.211. The predicted molar refractivity (Wildman–Crippen MR) is 83.0 cm³/mol. The van der Waals surface area contributed by atoms with E-state index >= 15 is 0 Å². The Kier molecular flexibility index (Phi) is 5.33. The highest BCUT2D eigenvalue weighted by Crippen LogP contribution is 2.24. The van der Waals surface area contributed by atoms with E-state index in [2.05, 4.69) is 10.1 Å². The number of anilines is 1. The van der Waals surface area contributed by atoms with Crippen molar-refractivity contribution in [1.82, 2.24) is 0 Å². The van der Waals surface area contributed by atoms with Crippen molar-refractivity contribution in [2.45, 2.75) is 26.3 Å². The monoisotopic (exact) mass is 339 g/mol. The molecule has 1 atom stereocenters. The third-order valence-electron chi connectivity index (χ3n) is 3.03. The molecule has 0 saturated carbocycles. The van der Waals surface area contributed by atoms with Crippen molar-refractivity contribution in [3.05, 3.63) is 54.1 Å². The summed E-state index contributed by atoms with van der Waals surface area (Å²) in [5.41, 5.74) is 1.34. The zero-order chi connectivity index (χ0) is 17.7. The van der Waals surface area contributed by atoms with Crippen molar-refractivity contribution in [1.29, 1.82) is 0 Å². The van der Waals surface area contributed by atoms with Crippen LogP contribution < -0.4 is 14.8 Å². The quantitative estimate of drug-likeness (QED) is 0.883. The third-order valence-corrected chi connectivity index (χ3v) is 3.03. The van der Waals surface area contributed by atoms with Crippen LogP contribution in [0, 0.1) is 6.92 Å². The normalized spacial score (nSPS) is 12.4. The summed E-state index contributed by atoms with van der Waals surface area (Å²) in [6.07, 6.45) is -5.51. The molecule has 0 radical (unpaired) electrons. The first-order chi connectivity index (χ1) is 11.2. The van der Waals surface area contributed by atoms with Crippen molar-refractivity contribution >= 4 is 11.6 Å². The summed E-state index contributed by atoms with van der Waals surface area (Å²) in [5, 5.41) is 2.57. The molecule has 0 heterocycles. The Balaban J connectivity index is 1.93. The van der Waals surface area contributed by atoms with Crippen LogP contribution in [0.4, 0.5) is 18.9 Å². The van der Waals surface area contributed by atoms with Crippen LogP contribution in [-0.2, 0) is 4.79 Å². The van der Waals surface area contributed by atoms with Gasteiger partial charge < -0.3 is 14.8 Å². The van der Waals surface area contributed by atoms with Crippen LogP contribution in [0.3, 0.4) is 0 Å². The van der Waals surface area contributed by atoms with Crippen LogP contribution in [0.2, 0.25) is 0 Å². The van der Waals surface area contributed by atoms with E-state index in [1.54, 1.807) is 19.1 Å². The standard InChI is InChI=1S/C17H16F3NO3/c1-11-4-3-5-15(10-11)23-12(2)16(22)21-13-6-8-14(9-7-13)24-17(18,19)20/h3-10,12H,1-2H3,(H,21,22). The zero-order valence-corrected chi connectivity index (χ0v) is 13.1. The van der Waals surface area contributed by atoms with Gasteiger partial charge in [-0.2, -0.15) is 0 Å². The van der Waals surface area contributed by atoms with E-state index in [1.165, 1.54) is 12.1 Å². The van der Waals surface area contributed by atoms with Crippen molar-refractivity contribution in [2.24, 2.45) is 0 Å². The Bertz CT molecular complexity index is 699. The van der Waals surface area contributed by atoms with Crippen molar-refractivity contribution in [3.8, 4) is 11.5 Å². The lowest BCUT2D eigenvalue weighted by Gasteiger charge is -2.15. The molecule has 0 fully saturated rings. The number of carbonyl (C=O) groups is 1. The van der Waals surface area contributed by atoms with E-state index < -0.39 is 18.4 Å². The van der Waals surface area contributed by atoms with Gasteiger partial charge in [0, 0.05) is 5.69 Å². The highest BCUT2D eigenvalue weighted by atomic mass is 19.4. The Hall–Kier alpha value is -2.70. The molecule has 2 rings (SSSR count). The Morgan fingerprint density at radius 3 is 2.33 bits per heavy atom. The fourth-order valence-corrected chi connectivity index (χ4v) is 1.93. The number of carbonyl (C=O) groups excluding carboxylic acids is 1. The zero-order valence-electron chi connectivity index (χ0n) is 13.1. The fourth-order valence-electron chi connectivity index (χ4n) is 1.93. The molecule has 0 aliphatic carbocycles. The molecule has 24 heavy (non-hydrogen) atoms. The number of rotatable bonds is 5. The van der Waals surface area contributed by atoms with Crippen LogP contribution in [0.25, 0.3) is 0 Å². The summed E-state index contributed by atoms with van der Waals surface area (Å²) >= 11 is 0. The maximum absolute atomic E-state index is 12.1. The lowest BCUT2D eigenvalue weighted by atomic mass is 10.2. The molecule has 1 unspecified atom stereocenters. The molecule has 0 bridgehead atoms. The van der Waals surface area contributed by atoms with Crippen molar-refractivity contribution in [2.75, 3.05) is 5.32 Å². The van der Waals surface area contributed by atoms with Crippen LogP contribution in [0.5, 0.6) is 11.5 Å². The van der Waals surface area contributed by atoms with E-state index in [1.807, 2.05) is 19.1 Å². The Morgan fingerprint density at radius 2 is 1.75 bits per heavy atom. The number of ether oxygens (including phenoxy) is 2. The maximum Gasteiger partial charge on any atom is 0.573 e. The molecular formula is C17H16F3NO3. The van der Waals surface area contributed by atoms with E-state index in [-0.39, 0.29) is 5.75 Å². The molecule has 0 spiro atoms. The van der Waals surface area contributed by atoms with E-state index in [4.69, 9.17) is 4.74 Å². The fraction of sp³-hybridized carbons (Fsp3) is 0.235. The molecule has 0 saturated heterocycles. The number of alkyl halides is 3. The molecule has 2 aromatic carbocycles. The minimum absolute atomic E-state index is 0.342. The Morgan fingerprint density at radius 1 is 1.08 bits per heavy atom. The van der Waals surface area contributed by atoms with E-state index in [0.717, 1.165) is 17.7 Å². The average Bonchev–Trinajstić information content (AvgIpc) is 2.47. The molecule has 0 aromatic heterocycles. The van der Waals surface area contributed by atoms with Gasteiger partial charge in [0.15, 0.2) is 6.10 Å². The summed E-state index contributed by atoms with van der Waals surface area (Å²) in [7, 11) is 0. The van der Waals surface area contributed by atoms with Gasteiger partial charge in [-0.15, -0.1) is 13.2 Å². The lowest BCUT2D eigenvalue weighted by molar-refractivity contribution is -0.274. The van der Waals surface area contributed by atoms with Gasteiger partial charge in [0.1, 0.15) is 11.5 Å². The molecule has 0 aliphatic heterocycles. The number of benzene rings is 2. The minimum atomic E-state index is -4.75. The molecule has 4 nitrogen and oxygen atoms in total. The first kappa shape index (κ1) is 17.7. The molecular weight excluding hydrogens is 323 g/mol. The average molecular weight is 339 g/mol. The second-order valence-corrected chi connectivity index (χ2v) is 5.14. The maximum atomic E-state index is 12.1. The third kappa shape index (κ3) is 5.49. The van der Waals surface area contributed by atoms with Gasteiger partial charge in [-0.25, -0.2) is 0 Å². The minimum Gasteiger partial charge on any atom is -0.481 e. The summed E-state index contributed by atoms with van der Waals surface area (Å²) < 4.78 is 45.5. The molecule has 1 N–H and O–H groups in total. The van der Waals surface area contributed by atoms with Crippen molar-refractivity contribution in [3.63, 3.8) is 0 Å². The van der Waals surface area contributed by atoms with Gasteiger partial charge in [0.2, 0.25) is 0 Å². The molecule has 1 amide bonds. The molecule has 2 aromatic rings. The first-order valence-corrected chi connectivity index (χ1v) is 7.13. The van der Waals surface area contributed by atoms with Crippen LogP contribution in [0.15, 0.2) is 48.5 Å². The van der Waals surface area contributed by atoms with Gasteiger partial charge >= 0.3 is 6.36 Å². The SMILES string of the molecule is Cc1cccc(OC(C)C(=O)Nc2ccc(OC(F)(F)F)cc2)c1. The largest absolute Gasteiger partial charge is 0.573 e. The second kappa shape index (κ2) is 7.25. The van der Waals surface area contributed by atoms with E-state index in [9.17, 15) is 18.0 Å². The second-order valence-electron chi connectivity index (χ2n) is 5.14. The summed E-state index contributed by atoms with van der Waals surface area (Å²) in [6, 6.07) is 12.1. The number of nitrogens with one attached hydrogen (secondary N) is 1.